The van der Waals surface area contributed by atoms with E-state index in [9.17, 15) is 4.79 Å². The van der Waals surface area contributed by atoms with E-state index in [1.165, 1.54) is 23.3 Å². The lowest BCUT2D eigenvalue weighted by Gasteiger charge is -2.27. The van der Waals surface area contributed by atoms with Crippen molar-refractivity contribution >= 4 is 34.7 Å². The lowest BCUT2D eigenvalue weighted by Crippen LogP contribution is -2.37. The van der Waals surface area contributed by atoms with Gasteiger partial charge in [-0.3, -0.25) is 0 Å². The number of imidazole rings is 2. The van der Waals surface area contributed by atoms with Gasteiger partial charge in [0, 0.05) is 25.5 Å². The van der Waals surface area contributed by atoms with Crippen molar-refractivity contribution in [3.05, 3.63) is 29.8 Å². The van der Waals surface area contributed by atoms with Gasteiger partial charge in [0.05, 0.1) is 13.2 Å². The van der Waals surface area contributed by atoms with Gasteiger partial charge in [0.15, 0.2) is 18.1 Å². The van der Waals surface area contributed by atoms with E-state index >= 15 is 0 Å². The van der Waals surface area contributed by atoms with Crippen LogP contribution in [0.25, 0.3) is 11.2 Å². The first-order chi connectivity index (χ1) is 12.2. The zero-order valence-corrected chi connectivity index (χ0v) is 13.8. The average Bonchev–Trinajstić information content (AvgIpc) is 3.29. The maximum Gasteiger partial charge on any atom is 0.419 e. The lowest BCUT2D eigenvalue weighted by molar-refractivity contribution is 0.122. The fourth-order valence-corrected chi connectivity index (χ4v) is 2.71. The van der Waals surface area contributed by atoms with Crippen molar-refractivity contribution in [1.29, 1.82) is 0 Å². The van der Waals surface area contributed by atoms with Gasteiger partial charge in [-0.15, -0.1) is 0 Å². The summed E-state index contributed by atoms with van der Waals surface area (Å²) in [4.78, 5) is 33.6. The summed E-state index contributed by atoms with van der Waals surface area (Å²) in [6, 6.07) is 0. The molecule has 1 fully saturated rings. The SMILES string of the molecule is O=C(OCc1nc2nc(Cl)nc(N3CCOCC3)c2[nH]1)n1ccnc1. The number of aromatic amines is 1. The van der Waals surface area contributed by atoms with Gasteiger partial charge in [-0.1, -0.05) is 0 Å². The molecule has 3 aromatic heterocycles. The Labute approximate surface area is 146 Å². The van der Waals surface area contributed by atoms with E-state index < -0.39 is 6.09 Å². The zero-order valence-electron chi connectivity index (χ0n) is 13.1. The molecule has 0 unspecified atom stereocenters. The third-order valence-electron chi connectivity index (χ3n) is 3.71. The second-order valence-corrected chi connectivity index (χ2v) is 5.66. The van der Waals surface area contributed by atoms with Crippen LogP contribution in [0.2, 0.25) is 5.28 Å². The molecule has 1 aliphatic heterocycles. The summed E-state index contributed by atoms with van der Waals surface area (Å²) in [5.41, 5.74) is 1.08. The van der Waals surface area contributed by atoms with Crippen molar-refractivity contribution in [2.75, 3.05) is 31.2 Å². The Morgan fingerprint density at radius 1 is 1.32 bits per heavy atom. The molecule has 0 bridgehead atoms. The molecule has 1 saturated heterocycles. The van der Waals surface area contributed by atoms with Gasteiger partial charge in [-0.05, 0) is 11.6 Å². The van der Waals surface area contributed by atoms with E-state index in [1.54, 1.807) is 0 Å². The van der Waals surface area contributed by atoms with Crippen LogP contribution in [0.5, 0.6) is 0 Å². The van der Waals surface area contributed by atoms with Crippen molar-refractivity contribution in [2.24, 2.45) is 0 Å². The molecule has 0 amide bonds. The van der Waals surface area contributed by atoms with Crippen LogP contribution in [0.4, 0.5) is 10.6 Å². The molecule has 130 valence electrons. The molecule has 25 heavy (non-hydrogen) atoms. The predicted octanol–water partition coefficient (Wildman–Crippen LogP) is 1.22. The van der Waals surface area contributed by atoms with Crippen LogP contribution in [0.15, 0.2) is 18.7 Å². The van der Waals surface area contributed by atoms with E-state index in [-0.39, 0.29) is 11.9 Å². The first-order valence-corrected chi connectivity index (χ1v) is 7.98. The van der Waals surface area contributed by atoms with E-state index in [0.717, 1.165) is 0 Å². The molecule has 0 aromatic carbocycles. The third kappa shape index (κ3) is 3.26. The number of fused-ring (bicyclic) bond motifs is 1. The number of H-pyrrole nitrogens is 1. The summed E-state index contributed by atoms with van der Waals surface area (Å²) in [5, 5.41) is 0.113. The minimum Gasteiger partial charge on any atom is -0.441 e. The number of nitrogens with one attached hydrogen (secondary N) is 1. The highest BCUT2D eigenvalue weighted by Gasteiger charge is 2.20. The molecule has 4 rings (SSSR count). The van der Waals surface area contributed by atoms with Gasteiger partial charge in [0.25, 0.3) is 0 Å². The molecule has 0 saturated carbocycles. The standard InChI is InChI=1S/C14H14ClN7O3/c15-13-19-11-10(12(20-13)21-3-5-24-6-4-21)17-9(18-11)7-25-14(23)22-2-1-16-8-22/h1-2,8H,3-7H2,(H,17,18,19,20). The fraction of sp³-hybridized carbons (Fsp3) is 0.357. The molecule has 0 atom stereocenters. The van der Waals surface area contributed by atoms with Crippen LogP contribution in [-0.2, 0) is 16.1 Å². The van der Waals surface area contributed by atoms with E-state index in [4.69, 9.17) is 21.1 Å². The monoisotopic (exact) mass is 363 g/mol. The van der Waals surface area contributed by atoms with Crippen molar-refractivity contribution < 1.29 is 14.3 Å². The molecular weight excluding hydrogens is 350 g/mol. The molecular formula is C14H14ClN7O3. The van der Waals surface area contributed by atoms with E-state index in [2.05, 4.69) is 29.8 Å². The molecule has 1 aliphatic rings. The van der Waals surface area contributed by atoms with Crippen LogP contribution in [0.1, 0.15) is 5.82 Å². The highest BCUT2D eigenvalue weighted by atomic mass is 35.5. The molecule has 4 heterocycles. The Morgan fingerprint density at radius 2 is 2.16 bits per heavy atom. The number of anilines is 1. The predicted molar refractivity (Wildman–Crippen MR) is 87.5 cm³/mol. The van der Waals surface area contributed by atoms with Gasteiger partial charge in [-0.25, -0.2) is 19.3 Å². The second-order valence-electron chi connectivity index (χ2n) is 5.32. The number of nitrogens with zero attached hydrogens (tertiary/aromatic N) is 6. The van der Waals surface area contributed by atoms with Crippen LogP contribution in [0.3, 0.4) is 0 Å². The maximum absolute atomic E-state index is 11.9. The average molecular weight is 364 g/mol. The van der Waals surface area contributed by atoms with Crippen molar-refractivity contribution in [3.8, 4) is 0 Å². The first kappa shape index (κ1) is 15.8. The number of hydrogen-bond acceptors (Lipinski definition) is 8. The summed E-state index contributed by atoms with van der Waals surface area (Å²) in [6.07, 6.45) is 3.82. The minimum atomic E-state index is -0.546. The van der Waals surface area contributed by atoms with Gasteiger partial charge in [0.1, 0.15) is 17.7 Å². The van der Waals surface area contributed by atoms with E-state index in [1.807, 2.05) is 0 Å². The number of aromatic nitrogens is 6. The molecule has 1 N–H and O–H groups in total. The van der Waals surface area contributed by atoms with Gasteiger partial charge >= 0.3 is 6.09 Å². The van der Waals surface area contributed by atoms with Crippen molar-refractivity contribution in [1.82, 2.24) is 29.5 Å². The van der Waals surface area contributed by atoms with Crippen molar-refractivity contribution in [3.63, 3.8) is 0 Å². The Morgan fingerprint density at radius 3 is 2.92 bits per heavy atom. The Hall–Kier alpha value is -2.72. The lowest BCUT2D eigenvalue weighted by atomic mass is 10.4. The molecule has 11 heteroatoms. The Kier molecular flexibility index (Phi) is 4.20. The minimum absolute atomic E-state index is 0.0342. The quantitative estimate of drug-likeness (QED) is 0.691. The van der Waals surface area contributed by atoms with E-state index in [0.29, 0.717) is 49.1 Å². The van der Waals surface area contributed by atoms with Gasteiger partial charge < -0.3 is 19.4 Å². The summed E-state index contributed by atoms with van der Waals surface area (Å²) >= 11 is 6.02. The van der Waals surface area contributed by atoms with Gasteiger partial charge in [0.2, 0.25) is 5.28 Å². The van der Waals surface area contributed by atoms with Gasteiger partial charge in [-0.2, -0.15) is 9.97 Å². The summed E-state index contributed by atoms with van der Waals surface area (Å²) < 4.78 is 11.8. The normalized spacial score (nSPS) is 14.8. The molecule has 10 nitrogen and oxygen atoms in total. The highest BCUT2D eigenvalue weighted by Crippen LogP contribution is 2.24. The van der Waals surface area contributed by atoms with Crippen LogP contribution < -0.4 is 4.90 Å². The summed E-state index contributed by atoms with van der Waals surface area (Å²) in [5.74, 6) is 1.12. The number of hydrogen-bond donors (Lipinski definition) is 1. The fourth-order valence-electron chi connectivity index (χ4n) is 2.55. The molecule has 3 aromatic rings. The molecule has 0 radical (unpaired) electrons. The number of halogens is 1. The molecule has 0 spiro atoms. The summed E-state index contributed by atoms with van der Waals surface area (Å²) in [7, 11) is 0. The first-order valence-electron chi connectivity index (χ1n) is 7.60. The van der Waals surface area contributed by atoms with Crippen LogP contribution in [-0.4, -0.2) is 61.9 Å². The number of morpholine rings is 1. The van der Waals surface area contributed by atoms with Crippen LogP contribution >= 0.6 is 11.6 Å². The number of carbonyl (C=O) groups excluding carboxylic acids is 1. The second kappa shape index (κ2) is 6.65. The number of rotatable bonds is 3. The number of carbonyl (C=O) groups is 1. The zero-order chi connectivity index (χ0) is 17.2. The molecule has 0 aliphatic carbocycles. The van der Waals surface area contributed by atoms with Crippen LogP contribution in [0, 0.1) is 0 Å². The Bertz CT molecular complexity index is 889. The maximum atomic E-state index is 11.9. The van der Waals surface area contributed by atoms with Crippen molar-refractivity contribution in [2.45, 2.75) is 6.61 Å². The third-order valence-corrected chi connectivity index (χ3v) is 3.88. The summed E-state index contributed by atoms with van der Waals surface area (Å²) in [6.45, 7) is 2.60. The topological polar surface area (TPSA) is 111 Å². The largest absolute Gasteiger partial charge is 0.441 e. The number of ether oxygens (including phenoxy) is 2. The Balaban J connectivity index is 1.57. The highest BCUT2D eigenvalue weighted by molar-refractivity contribution is 6.28. The smallest absolute Gasteiger partial charge is 0.419 e.